The van der Waals surface area contributed by atoms with Gasteiger partial charge >= 0.3 is 0 Å². The standard InChI is InChI=1S/C23H26N2O5S2/c1-14-5-6-15(2)17(9-14)25-18-12-32(27,28)13-21(18)31-23(25)24-22(26)11-16-7-8-19(29-3)20(10-16)30-4/h5-10,18,21H,11-13H2,1-4H3/t18-,21+/m1/s1. The minimum absolute atomic E-state index is 0.0704. The summed E-state index contributed by atoms with van der Waals surface area (Å²) in [6, 6.07) is 11.2. The molecule has 170 valence electrons. The number of aryl methyl sites for hydroxylation is 2. The van der Waals surface area contributed by atoms with E-state index in [0.29, 0.717) is 16.7 Å². The lowest BCUT2D eigenvalue weighted by Crippen LogP contribution is -2.38. The molecule has 0 unspecified atom stereocenters. The zero-order valence-electron chi connectivity index (χ0n) is 18.5. The van der Waals surface area contributed by atoms with Gasteiger partial charge in [0.15, 0.2) is 26.5 Å². The van der Waals surface area contributed by atoms with Gasteiger partial charge in [-0.15, -0.1) is 0 Å². The number of sulfone groups is 1. The Hall–Kier alpha value is -2.52. The number of ether oxygens (including phenoxy) is 2. The van der Waals surface area contributed by atoms with Crippen LogP contribution in [0.5, 0.6) is 11.5 Å². The van der Waals surface area contributed by atoms with Crippen LogP contribution in [0.4, 0.5) is 5.69 Å². The SMILES string of the molecule is COc1ccc(CC(=O)N=C2S[C@H]3CS(=O)(=O)C[C@H]3N2c2cc(C)ccc2C)cc1OC. The normalized spacial score (nSPS) is 22.8. The van der Waals surface area contributed by atoms with Crippen molar-refractivity contribution in [3.63, 3.8) is 0 Å². The van der Waals surface area contributed by atoms with Gasteiger partial charge in [0.2, 0.25) is 0 Å². The van der Waals surface area contributed by atoms with Crippen molar-refractivity contribution in [3.8, 4) is 11.5 Å². The Morgan fingerprint density at radius 1 is 1.09 bits per heavy atom. The third kappa shape index (κ3) is 4.49. The molecule has 0 radical (unpaired) electrons. The van der Waals surface area contributed by atoms with E-state index < -0.39 is 9.84 Å². The summed E-state index contributed by atoms with van der Waals surface area (Å²) in [6.07, 6.45) is 0.110. The van der Waals surface area contributed by atoms with E-state index in [4.69, 9.17) is 9.47 Å². The van der Waals surface area contributed by atoms with E-state index in [-0.39, 0.29) is 35.1 Å². The molecule has 2 heterocycles. The molecule has 0 aromatic heterocycles. The third-order valence-electron chi connectivity index (χ3n) is 5.71. The molecule has 2 aromatic carbocycles. The van der Waals surface area contributed by atoms with Crippen molar-refractivity contribution in [2.24, 2.45) is 4.99 Å². The number of aliphatic imine (C=N–C) groups is 1. The number of amidine groups is 1. The van der Waals surface area contributed by atoms with E-state index in [2.05, 4.69) is 4.99 Å². The molecule has 2 aromatic rings. The Labute approximate surface area is 192 Å². The van der Waals surface area contributed by atoms with Gasteiger partial charge in [-0.1, -0.05) is 30.0 Å². The summed E-state index contributed by atoms with van der Waals surface area (Å²) in [4.78, 5) is 19.3. The first-order valence-corrected chi connectivity index (χ1v) is 13.0. The summed E-state index contributed by atoms with van der Waals surface area (Å²) in [5.41, 5.74) is 3.75. The minimum atomic E-state index is -3.11. The summed E-state index contributed by atoms with van der Waals surface area (Å²) in [7, 11) is -0.00261. The smallest absolute Gasteiger partial charge is 0.252 e. The average molecular weight is 475 g/mol. The Morgan fingerprint density at radius 3 is 2.56 bits per heavy atom. The summed E-state index contributed by atoms with van der Waals surface area (Å²) in [5, 5.41) is 0.432. The number of rotatable bonds is 5. The van der Waals surface area contributed by atoms with Gasteiger partial charge < -0.3 is 14.4 Å². The predicted molar refractivity (Wildman–Crippen MR) is 128 cm³/mol. The number of methoxy groups -OCH3 is 2. The average Bonchev–Trinajstić information content (AvgIpc) is 3.20. The second kappa shape index (κ2) is 8.78. The number of thioether (sulfide) groups is 1. The lowest BCUT2D eigenvalue weighted by molar-refractivity contribution is -0.117. The number of carbonyl (C=O) groups is 1. The Balaban J connectivity index is 1.65. The molecule has 2 saturated heterocycles. The highest BCUT2D eigenvalue weighted by atomic mass is 32.2. The molecule has 4 rings (SSSR count). The molecule has 2 atom stereocenters. The number of nitrogens with zero attached hydrogens (tertiary/aromatic N) is 2. The van der Waals surface area contributed by atoms with Crippen LogP contribution in [0.25, 0.3) is 0 Å². The van der Waals surface area contributed by atoms with Crippen LogP contribution in [0, 0.1) is 13.8 Å². The first kappa shape index (κ1) is 22.7. The van der Waals surface area contributed by atoms with Crippen molar-refractivity contribution in [2.45, 2.75) is 31.6 Å². The van der Waals surface area contributed by atoms with Crippen LogP contribution in [-0.4, -0.2) is 56.5 Å². The van der Waals surface area contributed by atoms with Crippen LogP contribution >= 0.6 is 11.8 Å². The predicted octanol–water partition coefficient (Wildman–Crippen LogP) is 3.16. The Morgan fingerprint density at radius 2 is 1.84 bits per heavy atom. The molecule has 0 saturated carbocycles. The lowest BCUT2D eigenvalue weighted by Gasteiger charge is -2.26. The minimum Gasteiger partial charge on any atom is -0.493 e. The van der Waals surface area contributed by atoms with Gasteiger partial charge in [-0.2, -0.15) is 4.99 Å². The molecule has 2 aliphatic rings. The van der Waals surface area contributed by atoms with Crippen LogP contribution in [-0.2, 0) is 21.1 Å². The van der Waals surface area contributed by atoms with Gasteiger partial charge in [-0.05, 0) is 48.7 Å². The highest BCUT2D eigenvalue weighted by molar-refractivity contribution is 8.16. The number of benzene rings is 2. The molecule has 0 N–H and O–H groups in total. The molecule has 9 heteroatoms. The molecule has 0 spiro atoms. The van der Waals surface area contributed by atoms with E-state index in [1.165, 1.54) is 11.8 Å². The van der Waals surface area contributed by atoms with E-state index >= 15 is 0 Å². The number of fused-ring (bicyclic) bond motifs is 1. The number of hydrogen-bond acceptors (Lipinski definition) is 6. The van der Waals surface area contributed by atoms with Gasteiger partial charge in [0.05, 0.1) is 38.2 Å². The maximum atomic E-state index is 12.9. The van der Waals surface area contributed by atoms with Crippen LogP contribution in [0.2, 0.25) is 0 Å². The molecule has 1 amide bonds. The summed E-state index contributed by atoms with van der Waals surface area (Å²) < 4.78 is 35.1. The fourth-order valence-corrected chi connectivity index (χ4v) is 8.06. The number of anilines is 1. The first-order chi connectivity index (χ1) is 15.2. The van der Waals surface area contributed by atoms with Crippen molar-refractivity contribution in [2.75, 3.05) is 30.6 Å². The summed E-state index contributed by atoms with van der Waals surface area (Å²) >= 11 is 1.38. The zero-order valence-corrected chi connectivity index (χ0v) is 20.1. The summed E-state index contributed by atoms with van der Waals surface area (Å²) in [5.74, 6) is 1.03. The lowest BCUT2D eigenvalue weighted by atomic mass is 10.1. The fourth-order valence-electron chi connectivity index (χ4n) is 4.14. The van der Waals surface area contributed by atoms with Gasteiger partial charge in [-0.3, -0.25) is 4.79 Å². The van der Waals surface area contributed by atoms with Crippen LogP contribution in [0.3, 0.4) is 0 Å². The van der Waals surface area contributed by atoms with E-state index in [1.807, 2.05) is 43.0 Å². The number of hydrogen-bond donors (Lipinski definition) is 0. The number of carbonyl (C=O) groups excluding carboxylic acids is 1. The van der Waals surface area contributed by atoms with E-state index in [9.17, 15) is 13.2 Å². The molecule has 0 aliphatic carbocycles. The van der Waals surface area contributed by atoms with E-state index in [1.54, 1.807) is 26.4 Å². The molecular formula is C23H26N2O5S2. The second-order valence-electron chi connectivity index (χ2n) is 8.11. The van der Waals surface area contributed by atoms with E-state index in [0.717, 1.165) is 22.4 Å². The Bertz CT molecular complexity index is 1190. The van der Waals surface area contributed by atoms with Gasteiger partial charge in [0.25, 0.3) is 5.91 Å². The Kier molecular flexibility index (Phi) is 6.22. The highest BCUT2D eigenvalue weighted by Crippen LogP contribution is 2.42. The highest BCUT2D eigenvalue weighted by Gasteiger charge is 2.49. The third-order valence-corrected chi connectivity index (χ3v) is 8.92. The molecule has 32 heavy (non-hydrogen) atoms. The van der Waals surface area contributed by atoms with Crippen molar-refractivity contribution in [1.82, 2.24) is 0 Å². The monoisotopic (exact) mass is 474 g/mol. The molecule has 2 aliphatic heterocycles. The maximum Gasteiger partial charge on any atom is 0.252 e. The van der Waals surface area contributed by atoms with Crippen molar-refractivity contribution in [3.05, 3.63) is 53.1 Å². The topological polar surface area (TPSA) is 85.3 Å². The largest absolute Gasteiger partial charge is 0.493 e. The number of amides is 1. The van der Waals surface area contributed by atoms with Crippen LogP contribution < -0.4 is 14.4 Å². The van der Waals surface area contributed by atoms with Crippen LogP contribution in [0.1, 0.15) is 16.7 Å². The van der Waals surface area contributed by atoms with Crippen molar-refractivity contribution < 1.29 is 22.7 Å². The quantitative estimate of drug-likeness (QED) is 0.658. The maximum absolute atomic E-state index is 12.9. The molecule has 7 nitrogen and oxygen atoms in total. The van der Waals surface area contributed by atoms with Gasteiger partial charge in [0.1, 0.15) is 0 Å². The summed E-state index contributed by atoms with van der Waals surface area (Å²) in [6.45, 7) is 3.98. The van der Waals surface area contributed by atoms with Crippen LogP contribution in [0.15, 0.2) is 41.4 Å². The molecular weight excluding hydrogens is 448 g/mol. The van der Waals surface area contributed by atoms with Crippen molar-refractivity contribution >= 4 is 38.4 Å². The first-order valence-electron chi connectivity index (χ1n) is 10.3. The molecule has 0 bridgehead atoms. The zero-order chi connectivity index (χ0) is 23.0. The molecule has 2 fully saturated rings. The van der Waals surface area contributed by atoms with Crippen molar-refractivity contribution in [1.29, 1.82) is 0 Å². The second-order valence-corrected chi connectivity index (χ2v) is 11.5. The fraction of sp³-hybridized carbons (Fsp3) is 0.391. The van der Waals surface area contributed by atoms with Gasteiger partial charge in [-0.25, -0.2) is 8.42 Å². The van der Waals surface area contributed by atoms with Gasteiger partial charge in [0, 0.05) is 10.9 Å².